The summed E-state index contributed by atoms with van der Waals surface area (Å²) in [5.41, 5.74) is 10.9. The zero-order valence-corrected chi connectivity index (χ0v) is 25.2. The highest BCUT2D eigenvalue weighted by molar-refractivity contribution is 7.26. The molecule has 4 heteroatoms. The Morgan fingerprint density at radius 1 is 0.571 bits per heavy atom. The minimum Gasteiger partial charge on any atom is -0.310 e. The molecule has 0 fully saturated rings. The van der Waals surface area contributed by atoms with Gasteiger partial charge in [-0.25, -0.2) is 9.13 Å². The van der Waals surface area contributed by atoms with Gasteiger partial charge in [-0.3, -0.25) is 0 Å². The van der Waals surface area contributed by atoms with E-state index >= 15 is 0 Å². The van der Waals surface area contributed by atoms with E-state index in [0.717, 1.165) is 5.69 Å². The highest BCUT2D eigenvalue weighted by Crippen LogP contribution is 2.48. The van der Waals surface area contributed by atoms with Gasteiger partial charge < -0.3 is 4.90 Å². The molecule has 0 aliphatic heterocycles. The van der Waals surface area contributed by atoms with Gasteiger partial charge in [0.05, 0.1) is 16.8 Å². The average molecular weight is 564 g/mol. The molecule has 0 unspecified atom stereocenters. The molecule has 0 saturated carbocycles. The number of fused-ring (bicyclic) bond motifs is 3. The van der Waals surface area contributed by atoms with E-state index in [1.807, 2.05) is 11.3 Å². The molecule has 0 N–H and O–H groups in total. The van der Waals surface area contributed by atoms with Crippen molar-refractivity contribution in [1.82, 2.24) is 0 Å². The quantitative estimate of drug-likeness (QED) is 0.190. The summed E-state index contributed by atoms with van der Waals surface area (Å²) >= 11 is 1.89. The van der Waals surface area contributed by atoms with E-state index in [9.17, 15) is 0 Å². The Hall–Kier alpha value is -4.80. The number of hydrogen-bond acceptors (Lipinski definition) is 2. The van der Waals surface area contributed by atoms with Crippen molar-refractivity contribution in [2.45, 2.75) is 13.8 Å². The monoisotopic (exact) mass is 563 g/mol. The number of aryl methyl sites for hydroxylation is 2. The largest absolute Gasteiger partial charge is 0.310 e. The minimum absolute atomic E-state index is 1.14. The Balaban J connectivity index is 1.58. The minimum atomic E-state index is 1.14. The first-order chi connectivity index (χ1) is 20.5. The Morgan fingerprint density at radius 3 is 1.98 bits per heavy atom. The van der Waals surface area contributed by atoms with Crippen LogP contribution in [0.3, 0.4) is 0 Å². The average Bonchev–Trinajstić information content (AvgIpc) is 3.38. The Bertz CT molecular complexity index is 2090. The number of para-hydroxylation sites is 1. The third kappa shape index (κ3) is 4.27. The summed E-state index contributed by atoms with van der Waals surface area (Å²) in [6.45, 7) is 4.54. The van der Waals surface area contributed by atoms with Crippen molar-refractivity contribution in [3.63, 3.8) is 0 Å². The van der Waals surface area contributed by atoms with Crippen LogP contribution in [0, 0.1) is 13.8 Å². The number of anilines is 3. The summed E-state index contributed by atoms with van der Waals surface area (Å²) in [7, 11) is 4.26. The summed E-state index contributed by atoms with van der Waals surface area (Å²) in [6, 6.07) is 41.5. The summed E-state index contributed by atoms with van der Waals surface area (Å²) in [4.78, 5) is 2.45. The lowest BCUT2D eigenvalue weighted by atomic mass is 9.96. The van der Waals surface area contributed by atoms with Crippen LogP contribution in [0.4, 0.5) is 17.1 Å². The van der Waals surface area contributed by atoms with Crippen LogP contribution in [0.15, 0.2) is 128 Å². The molecule has 3 heterocycles. The van der Waals surface area contributed by atoms with E-state index in [-0.39, 0.29) is 0 Å². The molecule has 0 bridgehead atoms. The maximum absolute atomic E-state index is 2.45. The first-order valence-electron chi connectivity index (χ1n) is 14.3. The molecule has 0 spiro atoms. The van der Waals surface area contributed by atoms with Gasteiger partial charge in [-0.15, -0.1) is 11.3 Å². The van der Waals surface area contributed by atoms with E-state index in [1.54, 1.807) is 0 Å². The molecule has 42 heavy (non-hydrogen) atoms. The number of pyridine rings is 2. The second kappa shape index (κ2) is 10.6. The molecule has 204 valence electrons. The zero-order valence-electron chi connectivity index (χ0n) is 24.4. The molecule has 0 amide bonds. The van der Waals surface area contributed by atoms with Crippen LogP contribution in [0.2, 0.25) is 0 Å². The summed E-state index contributed by atoms with van der Waals surface area (Å²) in [6.07, 6.45) is 4.26. The number of benzene rings is 4. The highest BCUT2D eigenvalue weighted by Gasteiger charge is 2.26. The van der Waals surface area contributed by atoms with Crippen LogP contribution >= 0.6 is 11.3 Å². The maximum atomic E-state index is 2.45. The van der Waals surface area contributed by atoms with E-state index in [2.05, 4.69) is 170 Å². The molecular weight excluding hydrogens is 531 g/mol. The van der Waals surface area contributed by atoms with E-state index in [4.69, 9.17) is 0 Å². The van der Waals surface area contributed by atoms with Gasteiger partial charge in [0.25, 0.3) is 0 Å². The number of thiophene rings is 1. The molecule has 0 radical (unpaired) electrons. The molecule has 0 aliphatic carbocycles. The lowest BCUT2D eigenvalue weighted by molar-refractivity contribution is -0.660. The SMILES string of the molecule is Cc1c(-c2cccc[n+]2C)cccc1N(c1ccccc1)c1cc2c(sc3ccccc32)c(-c2cccc[n+]2C)c1C. The standard InChI is InChI=1S/C38H33N3S/c1-26-29(33-19-10-12-23-39(33)3)18-14-21-32(26)41(28-15-6-5-7-16-28)35-25-31-30-17-8-9-22-36(30)42-38(31)37(27(35)2)34-20-11-13-24-40(34)4/h5-25H,1-4H3/q+2. The molecular formula is C38H33N3S+2. The van der Waals surface area contributed by atoms with E-state index in [0.29, 0.717) is 0 Å². The Morgan fingerprint density at radius 2 is 1.24 bits per heavy atom. The Labute approximate surface area is 251 Å². The number of hydrogen-bond donors (Lipinski definition) is 0. The van der Waals surface area contributed by atoms with Gasteiger partial charge in [0.2, 0.25) is 11.4 Å². The van der Waals surface area contributed by atoms with Gasteiger partial charge in [0.15, 0.2) is 12.4 Å². The molecule has 7 rings (SSSR count). The normalized spacial score (nSPS) is 11.3. The third-order valence-corrected chi connectivity index (χ3v) is 9.55. The maximum Gasteiger partial charge on any atom is 0.214 e. The van der Waals surface area contributed by atoms with Crippen molar-refractivity contribution in [3.05, 3.63) is 139 Å². The van der Waals surface area contributed by atoms with Gasteiger partial charge in [0, 0.05) is 55.8 Å². The lowest BCUT2D eigenvalue weighted by Crippen LogP contribution is -2.30. The summed E-state index contributed by atoms with van der Waals surface area (Å²) in [5.74, 6) is 0. The van der Waals surface area contributed by atoms with Crippen LogP contribution in [0.1, 0.15) is 11.1 Å². The zero-order chi connectivity index (χ0) is 28.8. The van der Waals surface area contributed by atoms with Gasteiger partial charge in [-0.05, 0) is 73.5 Å². The van der Waals surface area contributed by atoms with Crippen LogP contribution in [-0.2, 0) is 14.1 Å². The molecule has 7 aromatic rings. The van der Waals surface area contributed by atoms with Crippen molar-refractivity contribution in [1.29, 1.82) is 0 Å². The van der Waals surface area contributed by atoms with Crippen molar-refractivity contribution in [3.8, 4) is 22.5 Å². The van der Waals surface area contributed by atoms with Gasteiger partial charge in [-0.2, -0.15) is 0 Å². The van der Waals surface area contributed by atoms with Crippen LogP contribution < -0.4 is 14.0 Å². The topological polar surface area (TPSA) is 11.0 Å². The predicted octanol–water partition coefficient (Wildman–Crippen LogP) is 9.12. The van der Waals surface area contributed by atoms with Gasteiger partial charge >= 0.3 is 0 Å². The fraction of sp³-hybridized carbons (Fsp3) is 0.105. The fourth-order valence-electron chi connectivity index (χ4n) is 6.19. The van der Waals surface area contributed by atoms with Crippen LogP contribution in [0.25, 0.3) is 42.7 Å². The predicted molar refractivity (Wildman–Crippen MR) is 177 cm³/mol. The van der Waals surface area contributed by atoms with Crippen molar-refractivity contribution in [2.75, 3.05) is 4.90 Å². The third-order valence-electron chi connectivity index (χ3n) is 8.34. The first kappa shape index (κ1) is 26.1. The molecule has 3 aromatic heterocycles. The highest BCUT2D eigenvalue weighted by atomic mass is 32.1. The van der Waals surface area contributed by atoms with Gasteiger partial charge in [-0.1, -0.05) is 42.5 Å². The number of rotatable bonds is 5. The molecule has 4 aromatic carbocycles. The number of aromatic nitrogens is 2. The van der Waals surface area contributed by atoms with E-state index < -0.39 is 0 Å². The summed E-state index contributed by atoms with van der Waals surface area (Å²) < 4.78 is 7.07. The first-order valence-corrected chi connectivity index (χ1v) is 15.1. The number of nitrogens with zero attached hydrogens (tertiary/aromatic N) is 3. The summed E-state index contributed by atoms with van der Waals surface area (Å²) in [5, 5.41) is 2.59. The van der Waals surface area contributed by atoms with Crippen LogP contribution in [0.5, 0.6) is 0 Å². The van der Waals surface area contributed by atoms with E-state index in [1.165, 1.54) is 65.2 Å². The lowest BCUT2D eigenvalue weighted by Gasteiger charge is -2.30. The second-order valence-electron chi connectivity index (χ2n) is 10.9. The molecule has 3 nitrogen and oxygen atoms in total. The molecule has 0 saturated heterocycles. The smallest absolute Gasteiger partial charge is 0.214 e. The molecule has 0 aliphatic rings. The second-order valence-corrected chi connectivity index (χ2v) is 11.9. The molecule has 0 atom stereocenters. The van der Waals surface area contributed by atoms with Crippen molar-refractivity contribution < 1.29 is 9.13 Å². The van der Waals surface area contributed by atoms with Crippen LogP contribution in [-0.4, -0.2) is 0 Å². The van der Waals surface area contributed by atoms with Gasteiger partial charge in [0.1, 0.15) is 14.1 Å². The van der Waals surface area contributed by atoms with Crippen molar-refractivity contribution >= 4 is 48.6 Å². The fourth-order valence-corrected chi connectivity index (χ4v) is 7.49. The van der Waals surface area contributed by atoms with Crippen molar-refractivity contribution in [2.24, 2.45) is 14.1 Å². The Kier molecular flexibility index (Phi) is 6.56.